The number of nitrogens with zero attached hydrogens (tertiary/aromatic N) is 4. The molecule has 0 spiro atoms. The van der Waals surface area contributed by atoms with Crippen LogP contribution < -0.4 is 5.32 Å². The molecule has 19 heavy (non-hydrogen) atoms. The summed E-state index contributed by atoms with van der Waals surface area (Å²) in [5.41, 5.74) is 2.55. The van der Waals surface area contributed by atoms with Gasteiger partial charge in [0.2, 0.25) is 0 Å². The number of nitrogens with one attached hydrogen (secondary N) is 1. The van der Waals surface area contributed by atoms with Crippen molar-refractivity contribution < 1.29 is 0 Å². The molecule has 3 aromatic rings. The molecule has 5 nitrogen and oxygen atoms in total. The van der Waals surface area contributed by atoms with Gasteiger partial charge in [-0.15, -0.1) is 0 Å². The second kappa shape index (κ2) is 4.97. The van der Waals surface area contributed by atoms with Crippen molar-refractivity contribution in [1.82, 2.24) is 19.9 Å². The van der Waals surface area contributed by atoms with E-state index in [0.29, 0.717) is 5.65 Å². The van der Waals surface area contributed by atoms with Crippen molar-refractivity contribution in [3.63, 3.8) is 0 Å². The summed E-state index contributed by atoms with van der Waals surface area (Å²) in [5.74, 6) is 0.782. The zero-order valence-corrected chi connectivity index (χ0v) is 10.5. The van der Waals surface area contributed by atoms with Gasteiger partial charge in [-0.3, -0.25) is 9.97 Å². The van der Waals surface area contributed by atoms with Crippen LogP contribution in [0.2, 0.25) is 0 Å². The third-order valence-electron chi connectivity index (χ3n) is 2.88. The Kier molecular flexibility index (Phi) is 3.02. The summed E-state index contributed by atoms with van der Waals surface area (Å²) in [6.45, 7) is 2.07. The Morgan fingerprint density at radius 3 is 2.79 bits per heavy atom. The maximum atomic E-state index is 4.44. The van der Waals surface area contributed by atoms with E-state index in [9.17, 15) is 0 Å². The second-order valence-electron chi connectivity index (χ2n) is 4.25. The average Bonchev–Trinajstić information content (AvgIpc) is 2.48. The minimum Gasteiger partial charge on any atom is -0.363 e. The van der Waals surface area contributed by atoms with Crippen LogP contribution in [0.4, 0.5) is 5.82 Å². The lowest BCUT2D eigenvalue weighted by Crippen LogP contribution is -2.08. The first-order valence-electron chi connectivity index (χ1n) is 6.07. The molecule has 94 valence electrons. The van der Waals surface area contributed by atoms with E-state index in [-0.39, 0.29) is 6.04 Å². The molecule has 0 aromatic carbocycles. The van der Waals surface area contributed by atoms with Crippen molar-refractivity contribution in [2.45, 2.75) is 13.0 Å². The Morgan fingerprint density at radius 2 is 1.95 bits per heavy atom. The summed E-state index contributed by atoms with van der Waals surface area (Å²) in [4.78, 5) is 16.9. The van der Waals surface area contributed by atoms with E-state index < -0.39 is 0 Å². The number of aromatic nitrogens is 4. The SMILES string of the molecule is CC(Nc1ccc2nccnc2n1)c1cccnc1. The fourth-order valence-electron chi connectivity index (χ4n) is 1.87. The van der Waals surface area contributed by atoms with Crippen molar-refractivity contribution >= 4 is 17.0 Å². The van der Waals surface area contributed by atoms with E-state index >= 15 is 0 Å². The van der Waals surface area contributed by atoms with Gasteiger partial charge < -0.3 is 5.32 Å². The number of hydrogen-bond acceptors (Lipinski definition) is 5. The highest BCUT2D eigenvalue weighted by Crippen LogP contribution is 2.18. The molecule has 3 heterocycles. The van der Waals surface area contributed by atoms with Gasteiger partial charge in [0.05, 0.1) is 6.04 Å². The van der Waals surface area contributed by atoms with Gasteiger partial charge in [0.1, 0.15) is 11.3 Å². The first-order valence-corrected chi connectivity index (χ1v) is 6.07. The normalized spacial score (nSPS) is 12.3. The molecule has 1 unspecified atom stereocenters. The summed E-state index contributed by atoms with van der Waals surface area (Å²) in [6, 6.07) is 7.91. The predicted octanol–water partition coefficient (Wildman–Crippen LogP) is 2.59. The van der Waals surface area contributed by atoms with E-state index in [1.54, 1.807) is 18.6 Å². The molecule has 0 aliphatic rings. The van der Waals surface area contributed by atoms with Crippen LogP contribution in [-0.4, -0.2) is 19.9 Å². The minimum atomic E-state index is 0.135. The Bertz CT molecular complexity index is 683. The van der Waals surface area contributed by atoms with Gasteiger partial charge in [-0.25, -0.2) is 9.97 Å². The molecule has 0 amide bonds. The Hall–Kier alpha value is -2.56. The van der Waals surface area contributed by atoms with Gasteiger partial charge >= 0.3 is 0 Å². The van der Waals surface area contributed by atoms with Gasteiger partial charge in [-0.1, -0.05) is 6.07 Å². The molecule has 1 N–H and O–H groups in total. The van der Waals surface area contributed by atoms with E-state index in [1.165, 1.54) is 0 Å². The monoisotopic (exact) mass is 251 g/mol. The van der Waals surface area contributed by atoms with Gasteiger partial charge in [0.15, 0.2) is 5.65 Å². The quantitative estimate of drug-likeness (QED) is 0.775. The Balaban J connectivity index is 1.85. The van der Waals surface area contributed by atoms with Crippen LogP contribution >= 0.6 is 0 Å². The highest BCUT2D eigenvalue weighted by atomic mass is 15.0. The van der Waals surface area contributed by atoms with Gasteiger partial charge in [-0.2, -0.15) is 0 Å². The summed E-state index contributed by atoms with van der Waals surface area (Å²) < 4.78 is 0. The third-order valence-corrected chi connectivity index (χ3v) is 2.88. The molecule has 0 fully saturated rings. The summed E-state index contributed by atoms with van der Waals surface area (Å²) >= 11 is 0. The number of rotatable bonds is 3. The average molecular weight is 251 g/mol. The van der Waals surface area contributed by atoms with E-state index in [2.05, 4.69) is 32.2 Å². The van der Waals surface area contributed by atoms with Gasteiger partial charge in [-0.05, 0) is 30.7 Å². The van der Waals surface area contributed by atoms with Crippen molar-refractivity contribution in [3.8, 4) is 0 Å². The second-order valence-corrected chi connectivity index (χ2v) is 4.25. The summed E-state index contributed by atoms with van der Waals surface area (Å²) in [6.07, 6.45) is 6.91. The number of anilines is 1. The fraction of sp³-hybridized carbons (Fsp3) is 0.143. The molecule has 0 saturated heterocycles. The van der Waals surface area contributed by atoms with Crippen LogP contribution in [0.1, 0.15) is 18.5 Å². The maximum Gasteiger partial charge on any atom is 0.180 e. The number of pyridine rings is 2. The lowest BCUT2D eigenvalue weighted by atomic mass is 10.1. The van der Waals surface area contributed by atoms with Crippen molar-refractivity contribution in [2.75, 3.05) is 5.32 Å². The maximum absolute atomic E-state index is 4.44. The Morgan fingerprint density at radius 1 is 1.05 bits per heavy atom. The molecule has 3 aromatic heterocycles. The van der Waals surface area contributed by atoms with Crippen molar-refractivity contribution in [1.29, 1.82) is 0 Å². The van der Waals surface area contributed by atoms with E-state index in [4.69, 9.17) is 0 Å². The number of hydrogen-bond donors (Lipinski definition) is 1. The molecular weight excluding hydrogens is 238 g/mol. The largest absolute Gasteiger partial charge is 0.363 e. The topological polar surface area (TPSA) is 63.6 Å². The summed E-state index contributed by atoms with van der Waals surface area (Å²) in [7, 11) is 0. The molecule has 0 bridgehead atoms. The molecule has 0 saturated carbocycles. The molecule has 3 rings (SSSR count). The molecule has 5 heteroatoms. The molecular formula is C14H13N5. The predicted molar refractivity (Wildman–Crippen MR) is 73.6 cm³/mol. The van der Waals surface area contributed by atoms with Gasteiger partial charge in [0, 0.05) is 24.8 Å². The standard InChI is InChI=1S/C14H13N5/c1-10(11-3-2-6-15-9-11)18-13-5-4-12-14(19-13)17-8-7-16-12/h2-10H,1H3,(H,17,18,19). The van der Waals surface area contributed by atoms with Crippen LogP contribution in [0.15, 0.2) is 49.1 Å². The molecule has 0 radical (unpaired) electrons. The zero-order chi connectivity index (χ0) is 13.1. The van der Waals surface area contributed by atoms with Crippen LogP contribution in [0, 0.1) is 0 Å². The van der Waals surface area contributed by atoms with E-state index in [0.717, 1.165) is 16.9 Å². The molecule has 0 aliphatic heterocycles. The smallest absolute Gasteiger partial charge is 0.180 e. The van der Waals surface area contributed by atoms with Crippen LogP contribution in [-0.2, 0) is 0 Å². The van der Waals surface area contributed by atoms with E-state index in [1.807, 2.05) is 30.5 Å². The van der Waals surface area contributed by atoms with Crippen molar-refractivity contribution in [3.05, 3.63) is 54.6 Å². The lowest BCUT2D eigenvalue weighted by Gasteiger charge is -2.14. The number of fused-ring (bicyclic) bond motifs is 1. The van der Waals surface area contributed by atoms with Crippen LogP contribution in [0.3, 0.4) is 0 Å². The first-order chi connectivity index (χ1) is 9.33. The fourth-order valence-corrected chi connectivity index (χ4v) is 1.87. The lowest BCUT2D eigenvalue weighted by molar-refractivity contribution is 0.867. The van der Waals surface area contributed by atoms with Crippen molar-refractivity contribution in [2.24, 2.45) is 0 Å². The zero-order valence-electron chi connectivity index (χ0n) is 10.5. The highest BCUT2D eigenvalue weighted by molar-refractivity contribution is 5.71. The Labute approximate surface area is 110 Å². The minimum absolute atomic E-state index is 0.135. The third kappa shape index (κ3) is 2.49. The highest BCUT2D eigenvalue weighted by Gasteiger charge is 2.06. The van der Waals surface area contributed by atoms with Crippen LogP contribution in [0.5, 0.6) is 0 Å². The molecule has 1 atom stereocenters. The first kappa shape index (κ1) is 11.5. The molecule has 0 aliphatic carbocycles. The van der Waals surface area contributed by atoms with Gasteiger partial charge in [0.25, 0.3) is 0 Å². The summed E-state index contributed by atoms with van der Waals surface area (Å²) in [5, 5.41) is 3.33. The van der Waals surface area contributed by atoms with Crippen LogP contribution in [0.25, 0.3) is 11.2 Å².